The summed E-state index contributed by atoms with van der Waals surface area (Å²) in [7, 11) is 0. The Balaban J connectivity index is 1.82. The fraction of sp³-hybridized carbons (Fsp3) is 0. The first-order valence-electron chi connectivity index (χ1n) is 7.87. The van der Waals surface area contributed by atoms with Crippen LogP contribution in [0.3, 0.4) is 0 Å². The molecule has 0 fully saturated rings. The number of rotatable bonds is 4. The van der Waals surface area contributed by atoms with E-state index in [1.165, 1.54) is 11.1 Å². The third kappa shape index (κ3) is 4.14. The summed E-state index contributed by atoms with van der Waals surface area (Å²) < 4.78 is 0. The summed E-state index contributed by atoms with van der Waals surface area (Å²) in [6.45, 7) is 0. The molecular weight excluding hydrogens is 292 g/mol. The zero-order valence-corrected chi connectivity index (χ0v) is 13.4. The molecule has 0 aliphatic heterocycles. The molecule has 2 heteroatoms. The number of benzene rings is 3. The minimum absolute atomic E-state index is 0.777. The molecule has 3 aromatic carbocycles. The predicted molar refractivity (Wildman–Crippen MR) is 106 cm³/mol. The van der Waals surface area contributed by atoms with E-state index in [9.17, 15) is 0 Å². The standard InChI is InChI=1S/C22H20N2/c23-21-13-7-17(8-14-21)5-11-19-3-1-2-4-20(19)12-6-18-9-15-22(24)16-10-18/h1-16H,23-24H2. The highest BCUT2D eigenvalue weighted by Gasteiger charge is 1.95. The summed E-state index contributed by atoms with van der Waals surface area (Å²) in [6, 6.07) is 24.0. The maximum atomic E-state index is 5.72. The van der Waals surface area contributed by atoms with Gasteiger partial charge in [0.25, 0.3) is 0 Å². The predicted octanol–water partition coefficient (Wildman–Crippen LogP) is 5.19. The Morgan fingerprint density at radius 1 is 0.458 bits per heavy atom. The number of nitrogen functional groups attached to an aromatic ring is 2. The van der Waals surface area contributed by atoms with E-state index in [0.29, 0.717) is 0 Å². The Hall–Kier alpha value is -3.26. The summed E-state index contributed by atoms with van der Waals surface area (Å²) in [5.41, 5.74) is 17.6. The number of nitrogens with two attached hydrogens (primary N) is 2. The molecule has 3 rings (SSSR count). The zero-order valence-electron chi connectivity index (χ0n) is 13.4. The summed E-state index contributed by atoms with van der Waals surface area (Å²) in [5.74, 6) is 0. The monoisotopic (exact) mass is 312 g/mol. The van der Waals surface area contributed by atoms with Gasteiger partial charge in [0.2, 0.25) is 0 Å². The van der Waals surface area contributed by atoms with E-state index in [2.05, 4.69) is 36.4 Å². The molecule has 0 bridgehead atoms. The Bertz CT molecular complexity index is 783. The zero-order chi connectivity index (χ0) is 16.8. The first-order chi connectivity index (χ1) is 11.7. The van der Waals surface area contributed by atoms with Gasteiger partial charge < -0.3 is 11.5 Å². The lowest BCUT2D eigenvalue weighted by Gasteiger charge is -2.02. The smallest absolute Gasteiger partial charge is 0.0314 e. The van der Waals surface area contributed by atoms with Gasteiger partial charge in [-0.3, -0.25) is 0 Å². The maximum Gasteiger partial charge on any atom is 0.0314 e. The van der Waals surface area contributed by atoms with Gasteiger partial charge in [0, 0.05) is 11.4 Å². The molecule has 0 aromatic heterocycles. The van der Waals surface area contributed by atoms with Gasteiger partial charge in [-0.25, -0.2) is 0 Å². The normalized spacial score (nSPS) is 11.3. The molecule has 0 amide bonds. The molecule has 0 spiro atoms. The van der Waals surface area contributed by atoms with Crippen LogP contribution in [0.5, 0.6) is 0 Å². The van der Waals surface area contributed by atoms with Crippen molar-refractivity contribution >= 4 is 35.7 Å². The van der Waals surface area contributed by atoms with E-state index >= 15 is 0 Å². The molecule has 0 aliphatic rings. The molecule has 2 nitrogen and oxygen atoms in total. The summed E-state index contributed by atoms with van der Waals surface area (Å²) in [6.07, 6.45) is 8.42. The van der Waals surface area contributed by atoms with Gasteiger partial charge in [-0.15, -0.1) is 0 Å². The largest absolute Gasteiger partial charge is 0.399 e. The van der Waals surface area contributed by atoms with Gasteiger partial charge in [0.1, 0.15) is 0 Å². The Morgan fingerprint density at radius 3 is 1.21 bits per heavy atom. The van der Waals surface area contributed by atoms with Crippen LogP contribution in [0.25, 0.3) is 24.3 Å². The maximum absolute atomic E-state index is 5.72. The topological polar surface area (TPSA) is 52.0 Å². The second kappa shape index (κ2) is 7.34. The van der Waals surface area contributed by atoms with Crippen LogP contribution in [-0.4, -0.2) is 0 Å². The van der Waals surface area contributed by atoms with Gasteiger partial charge in [0.15, 0.2) is 0 Å². The first-order valence-corrected chi connectivity index (χ1v) is 7.87. The lowest BCUT2D eigenvalue weighted by molar-refractivity contribution is 1.60. The average molecular weight is 312 g/mol. The second-order valence-electron chi connectivity index (χ2n) is 5.63. The Labute approximate surface area is 142 Å². The van der Waals surface area contributed by atoms with Crippen molar-refractivity contribution in [2.75, 3.05) is 11.5 Å². The Morgan fingerprint density at radius 2 is 0.833 bits per heavy atom. The van der Waals surface area contributed by atoms with Crippen LogP contribution in [0, 0.1) is 0 Å². The molecule has 0 aliphatic carbocycles. The molecule has 0 unspecified atom stereocenters. The quantitative estimate of drug-likeness (QED) is 0.514. The highest BCUT2D eigenvalue weighted by Crippen LogP contribution is 2.17. The molecule has 0 atom stereocenters. The van der Waals surface area contributed by atoms with E-state index in [1.807, 2.05) is 60.7 Å². The molecular formula is C22H20N2. The van der Waals surface area contributed by atoms with Crippen molar-refractivity contribution in [2.45, 2.75) is 0 Å². The molecule has 24 heavy (non-hydrogen) atoms. The minimum atomic E-state index is 0.777. The molecule has 0 heterocycles. The minimum Gasteiger partial charge on any atom is -0.399 e. The summed E-state index contributed by atoms with van der Waals surface area (Å²) in [5, 5.41) is 0. The van der Waals surface area contributed by atoms with Gasteiger partial charge in [-0.05, 0) is 46.5 Å². The van der Waals surface area contributed by atoms with Crippen molar-refractivity contribution < 1.29 is 0 Å². The van der Waals surface area contributed by atoms with Gasteiger partial charge >= 0.3 is 0 Å². The van der Waals surface area contributed by atoms with Crippen molar-refractivity contribution in [3.05, 3.63) is 95.1 Å². The fourth-order valence-electron chi connectivity index (χ4n) is 2.40. The highest BCUT2D eigenvalue weighted by atomic mass is 14.5. The van der Waals surface area contributed by atoms with Crippen LogP contribution in [-0.2, 0) is 0 Å². The van der Waals surface area contributed by atoms with Gasteiger partial charge in [0.05, 0.1) is 0 Å². The van der Waals surface area contributed by atoms with Gasteiger partial charge in [-0.2, -0.15) is 0 Å². The van der Waals surface area contributed by atoms with E-state index in [0.717, 1.165) is 22.5 Å². The Kier molecular flexibility index (Phi) is 4.78. The van der Waals surface area contributed by atoms with Crippen LogP contribution in [0.4, 0.5) is 11.4 Å². The third-order valence-corrected chi connectivity index (χ3v) is 3.78. The van der Waals surface area contributed by atoms with Crippen molar-refractivity contribution in [1.29, 1.82) is 0 Å². The number of hydrogen-bond acceptors (Lipinski definition) is 2. The lowest BCUT2D eigenvalue weighted by Crippen LogP contribution is -1.84. The molecule has 0 saturated heterocycles. The SMILES string of the molecule is Nc1ccc(C=Cc2ccccc2C=Cc2ccc(N)cc2)cc1. The van der Waals surface area contributed by atoms with Gasteiger partial charge in [-0.1, -0.05) is 72.8 Å². The number of hydrogen-bond donors (Lipinski definition) is 2. The average Bonchev–Trinajstić information content (AvgIpc) is 2.61. The second-order valence-corrected chi connectivity index (χ2v) is 5.63. The molecule has 4 N–H and O–H groups in total. The lowest BCUT2D eigenvalue weighted by atomic mass is 10.0. The highest BCUT2D eigenvalue weighted by molar-refractivity contribution is 5.79. The van der Waals surface area contributed by atoms with E-state index in [4.69, 9.17) is 11.5 Å². The molecule has 0 radical (unpaired) electrons. The molecule has 0 saturated carbocycles. The summed E-state index contributed by atoms with van der Waals surface area (Å²) >= 11 is 0. The van der Waals surface area contributed by atoms with Crippen LogP contribution in [0.2, 0.25) is 0 Å². The van der Waals surface area contributed by atoms with Crippen LogP contribution in [0.1, 0.15) is 22.3 Å². The fourth-order valence-corrected chi connectivity index (χ4v) is 2.40. The van der Waals surface area contributed by atoms with Crippen molar-refractivity contribution in [1.82, 2.24) is 0 Å². The number of anilines is 2. The summed E-state index contributed by atoms with van der Waals surface area (Å²) in [4.78, 5) is 0. The van der Waals surface area contributed by atoms with Crippen LogP contribution >= 0.6 is 0 Å². The van der Waals surface area contributed by atoms with Crippen molar-refractivity contribution in [3.63, 3.8) is 0 Å². The van der Waals surface area contributed by atoms with Crippen molar-refractivity contribution in [3.8, 4) is 0 Å². The van der Waals surface area contributed by atoms with E-state index in [-0.39, 0.29) is 0 Å². The first kappa shape index (κ1) is 15.6. The van der Waals surface area contributed by atoms with Crippen LogP contribution < -0.4 is 11.5 Å². The van der Waals surface area contributed by atoms with Crippen molar-refractivity contribution in [2.24, 2.45) is 0 Å². The molecule has 3 aromatic rings. The third-order valence-electron chi connectivity index (χ3n) is 3.78. The van der Waals surface area contributed by atoms with E-state index < -0.39 is 0 Å². The van der Waals surface area contributed by atoms with E-state index in [1.54, 1.807) is 0 Å². The molecule has 118 valence electrons. The van der Waals surface area contributed by atoms with Crippen LogP contribution in [0.15, 0.2) is 72.8 Å².